The lowest BCUT2D eigenvalue weighted by molar-refractivity contribution is -0.159. The van der Waals surface area contributed by atoms with Gasteiger partial charge >= 0.3 is 5.97 Å². The standard InChI is InChI=1S/C33H51O6PS/c1-23-18-25-15-14-24(2)29(17-16-27-20-28(21-31(34)37-27)39-41(7,8)33(3,4)5)32(25)30(19-23)36-22-40(6,35)38-26-12-10-9-11-13-26/h9-15,18,23-24,27-30,32,35H,6,16-17,19-22H2,1-5,7-8H3/t23-,24?,27+,28+,29-,30-,32?,40?/m0/s1. The lowest BCUT2D eigenvalue weighted by Crippen LogP contribution is -2.41. The van der Waals surface area contributed by atoms with Gasteiger partial charge in [0.05, 0.1) is 18.6 Å². The summed E-state index contributed by atoms with van der Waals surface area (Å²) in [5.41, 5.74) is 1.31. The summed E-state index contributed by atoms with van der Waals surface area (Å²) in [6.45, 7) is 11.1. The molecule has 0 aromatic heterocycles. The lowest BCUT2D eigenvalue weighted by Gasteiger charge is -2.47. The monoisotopic (exact) mass is 606 g/mol. The van der Waals surface area contributed by atoms with Crippen molar-refractivity contribution < 1.29 is 27.9 Å². The lowest BCUT2D eigenvalue weighted by atomic mass is 9.65. The van der Waals surface area contributed by atoms with Gasteiger partial charge in [-0.2, -0.15) is 0 Å². The van der Waals surface area contributed by atoms with Crippen molar-refractivity contribution in [2.24, 2.45) is 23.7 Å². The van der Waals surface area contributed by atoms with Gasteiger partial charge in [0, 0.05) is 17.1 Å². The normalized spacial score (nSPS) is 32.3. The highest BCUT2D eigenvalue weighted by atomic mass is 32.3. The fourth-order valence-corrected chi connectivity index (χ4v) is 8.25. The van der Waals surface area contributed by atoms with Crippen molar-refractivity contribution in [3.05, 3.63) is 54.1 Å². The molecule has 0 amide bonds. The van der Waals surface area contributed by atoms with Crippen LogP contribution in [-0.4, -0.2) is 59.1 Å². The van der Waals surface area contributed by atoms with Gasteiger partial charge in [0.1, 0.15) is 18.2 Å². The third-order valence-corrected chi connectivity index (χ3v) is 13.8. The second-order valence-electron chi connectivity index (χ2n) is 13.6. The molecule has 6 nitrogen and oxygen atoms in total. The molecule has 1 heterocycles. The van der Waals surface area contributed by atoms with Crippen molar-refractivity contribution in [1.82, 2.24) is 0 Å². The van der Waals surface area contributed by atoms with Gasteiger partial charge in [0.2, 0.25) is 0 Å². The molecule has 230 valence electrons. The Bertz CT molecular complexity index is 1160. The van der Waals surface area contributed by atoms with Gasteiger partial charge in [-0.1, -0.05) is 71.0 Å². The van der Waals surface area contributed by atoms with Gasteiger partial charge in [-0.15, -0.1) is 10.3 Å². The molecule has 4 rings (SSSR count). The molecule has 1 fully saturated rings. The number of hydrogen-bond donors (Lipinski definition) is 1. The Kier molecular flexibility index (Phi) is 10.3. The molecule has 0 spiro atoms. The van der Waals surface area contributed by atoms with E-state index in [9.17, 15) is 9.69 Å². The number of para-hydroxylation sites is 1. The van der Waals surface area contributed by atoms with E-state index in [1.807, 2.05) is 30.3 Å². The maximum atomic E-state index is 12.6. The number of hydrogen-bond acceptors (Lipinski definition) is 6. The number of cyclic esters (lactones) is 1. The molecule has 8 heteroatoms. The highest BCUT2D eigenvalue weighted by molar-refractivity contribution is 8.29. The Morgan fingerprint density at radius 1 is 1.12 bits per heavy atom. The summed E-state index contributed by atoms with van der Waals surface area (Å²) in [5, 5.41) is 0. The number of allylic oxidation sites excluding steroid dienone is 3. The minimum Gasteiger partial charge on any atom is -0.462 e. The average Bonchev–Trinajstić information content (AvgIpc) is 2.86. The third-order valence-electron chi connectivity index (χ3n) is 9.00. The smallest absolute Gasteiger partial charge is 0.308 e. The summed E-state index contributed by atoms with van der Waals surface area (Å²) in [6, 6.07) is 9.31. The molecule has 1 aromatic rings. The number of esters is 1. The minimum atomic E-state index is -2.99. The molecule has 0 radical (unpaired) electrons. The second-order valence-corrected chi connectivity index (χ2v) is 19.6. The van der Waals surface area contributed by atoms with Crippen LogP contribution < -0.4 is 4.52 Å². The SMILES string of the molecule is C=P(O)(CO[C@H]1C[C@@H](C)C=C2C=CC(C)[C@H](CC[C@@H]3C[C@@H](OS(C)(C)C(C)(C)C)CC(=O)O3)C21)Oc1ccccc1. The maximum absolute atomic E-state index is 12.6. The van der Waals surface area contributed by atoms with E-state index in [1.54, 1.807) is 0 Å². The fraction of sp³-hybridized carbons (Fsp3) is 0.636. The van der Waals surface area contributed by atoms with Crippen molar-refractivity contribution in [2.45, 2.75) is 89.8 Å². The first-order valence-corrected chi connectivity index (χ1v) is 19.4. The maximum Gasteiger partial charge on any atom is 0.308 e. The van der Waals surface area contributed by atoms with E-state index in [2.05, 4.69) is 71.7 Å². The summed E-state index contributed by atoms with van der Waals surface area (Å²) < 4.78 is 24.8. The van der Waals surface area contributed by atoms with Gasteiger partial charge in [-0.3, -0.25) is 4.79 Å². The van der Waals surface area contributed by atoms with Crippen LogP contribution in [0.3, 0.4) is 0 Å². The molecular weight excluding hydrogens is 555 g/mol. The van der Waals surface area contributed by atoms with Crippen molar-refractivity contribution in [1.29, 1.82) is 0 Å². The number of ether oxygens (including phenoxy) is 2. The number of benzene rings is 1. The molecule has 1 aliphatic heterocycles. The summed E-state index contributed by atoms with van der Waals surface area (Å²) in [6.07, 6.45) is 18.8. The van der Waals surface area contributed by atoms with Gasteiger partial charge in [0.25, 0.3) is 0 Å². The highest BCUT2D eigenvalue weighted by Crippen LogP contribution is 2.55. The fourth-order valence-electron chi connectivity index (χ4n) is 6.15. The summed E-state index contributed by atoms with van der Waals surface area (Å²) >= 11 is 0. The topological polar surface area (TPSA) is 74.2 Å². The van der Waals surface area contributed by atoms with E-state index in [-0.39, 0.29) is 41.3 Å². The van der Waals surface area contributed by atoms with Crippen LogP contribution in [0.15, 0.2) is 54.1 Å². The zero-order chi connectivity index (χ0) is 30.0. The van der Waals surface area contributed by atoms with Crippen LogP contribution in [0.4, 0.5) is 0 Å². The molecular formula is C33H51O6PS. The largest absolute Gasteiger partial charge is 0.462 e. The van der Waals surface area contributed by atoms with Crippen LogP contribution in [-0.2, 0) is 18.5 Å². The van der Waals surface area contributed by atoms with Gasteiger partial charge < -0.3 is 23.1 Å². The van der Waals surface area contributed by atoms with Crippen LogP contribution in [0, 0.1) is 23.7 Å². The second kappa shape index (κ2) is 13.0. The molecule has 0 bridgehead atoms. The molecule has 1 N–H and O–H groups in total. The van der Waals surface area contributed by atoms with E-state index >= 15 is 0 Å². The zero-order valence-corrected chi connectivity index (χ0v) is 27.7. The predicted octanol–water partition coefficient (Wildman–Crippen LogP) is 7.73. The third kappa shape index (κ3) is 8.54. The van der Waals surface area contributed by atoms with Crippen molar-refractivity contribution in [3.8, 4) is 5.75 Å². The Morgan fingerprint density at radius 3 is 2.51 bits per heavy atom. The molecule has 1 saturated heterocycles. The van der Waals surface area contributed by atoms with E-state index in [1.165, 1.54) is 5.57 Å². The number of carbonyl (C=O) groups excluding carboxylic acids is 1. The molecule has 1 aromatic carbocycles. The summed E-state index contributed by atoms with van der Waals surface area (Å²) in [7, 11) is -4.32. The van der Waals surface area contributed by atoms with Crippen LogP contribution in [0.1, 0.15) is 66.7 Å². The van der Waals surface area contributed by atoms with Crippen LogP contribution >= 0.6 is 17.6 Å². The Morgan fingerprint density at radius 2 is 1.83 bits per heavy atom. The number of rotatable bonds is 10. The zero-order valence-electron chi connectivity index (χ0n) is 26.0. The average molecular weight is 607 g/mol. The quantitative estimate of drug-likeness (QED) is 0.217. The number of carbonyl (C=O) groups is 1. The van der Waals surface area contributed by atoms with Crippen molar-refractivity contribution in [3.63, 3.8) is 0 Å². The van der Waals surface area contributed by atoms with Gasteiger partial charge in [-0.05, 0) is 73.5 Å². The molecule has 3 aliphatic rings. The van der Waals surface area contributed by atoms with E-state index in [0.29, 0.717) is 29.9 Å². The highest BCUT2D eigenvalue weighted by Gasteiger charge is 2.42. The molecule has 2 aliphatic carbocycles. The summed E-state index contributed by atoms with van der Waals surface area (Å²) in [4.78, 5) is 23.6. The Labute approximate surface area is 249 Å². The first kappa shape index (κ1) is 32.4. The Balaban J connectivity index is 1.42. The van der Waals surface area contributed by atoms with Crippen LogP contribution in [0.2, 0.25) is 0 Å². The molecule has 41 heavy (non-hydrogen) atoms. The van der Waals surface area contributed by atoms with Gasteiger partial charge in [0.15, 0.2) is 7.34 Å². The first-order chi connectivity index (χ1) is 19.1. The van der Waals surface area contributed by atoms with Crippen LogP contribution in [0.25, 0.3) is 0 Å². The minimum absolute atomic E-state index is 0.0398. The summed E-state index contributed by atoms with van der Waals surface area (Å²) in [5.74, 6) is 1.73. The number of fused-ring (bicyclic) bond motifs is 1. The predicted molar refractivity (Wildman–Crippen MR) is 173 cm³/mol. The van der Waals surface area contributed by atoms with Crippen molar-refractivity contribution in [2.75, 3.05) is 18.9 Å². The molecule has 8 atom stereocenters. The first-order valence-electron chi connectivity index (χ1n) is 15.0. The van der Waals surface area contributed by atoms with E-state index < -0.39 is 17.6 Å². The van der Waals surface area contributed by atoms with E-state index in [0.717, 1.165) is 25.7 Å². The Hall–Kier alpha value is -1.50. The molecule has 3 unspecified atom stereocenters. The van der Waals surface area contributed by atoms with E-state index in [4.69, 9.17) is 18.2 Å². The van der Waals surface area contributed by atoms with Gasteiger partial charge in [-0.25, -0.2) is 0 Å². The van der Waals surface area contributed by atoms with Crippen LogP contribution in [0.5, 0.6) is 5.75 Å². The van der Waals surface area contributed by atoms with Crippen molar-refractivity contribution >= 4 is 29.9 Å². The molecule has 0 saturated carbocycles.